The minimum absolute atomic E-state index is 0. The van der Waals surface area contributed by atoms with Gasteiger partial charge >= 0.3 is 0 Å². The lowest BCUT2D eigenvalue weighted by Gasteiger charge is -2.36. The van der Waals surface area contributed by atoms with Gasteiger partial charge in [-0.2, -0.15) is 5.10 Å². The summed E-state index contributed by atoms with van der Waals surface area (Å²) in [6.45, 7) is 3.55. The van der Waals surface area contributed by atoms with Crippen LogP contribution in [0.5, 0.6) is 0 Å². The van der Waals surface area contributed by atoms with Gasteiger partial charge in [0.25, 0.3) is 0 Å². The van der Waals surface area contributed by atoms with E-state index in [1.807, 2.05) is 47.0 Å². The van der Waals surface area contributed by atoms with E-state index in [-0.39, 0.29) is 29.9 Å². The summed E-state index contributed by atoms with van der Waals surface area (Å²) in [5.41, 5.74) is 2.04. The highest BCUT2D eigenvalue weighted by Gasteiger charge is 2.23. The summed E-state index contributed by atoms with van der Waals surface area (Å²) in [6, 6.07) is 9.45. The molecule has 0 unspecified atom stereocenters. The molecule has 2 heterocycles. The molecule has 0 aliphatic carbocycles. The molecule has 9 heteroatoms. The van der Waals surface area contributed by atoms with Crippen molar-refractivity contribution < 1.29 is 4.79 Å². The molecule has 28 heavy (non-hydrogen) atoms. The second kappa shape index (κ2) is 10.7. The zero-order valence-electron chi connectivity index (χ0n) is 16.1. The maximum Gasteiger partial charge on any atom is 0.227 e. The molecule has 1 fully saturated rings. The summed E-state index contributed by atoms with van der Waals surface area (Å²) in [6.07, 6.45) is 2.16. The average Bonchev–Trinajstić information content (AvgIpc) is 3.08. The van der Waals surface area contributed by atoms with E-state index in [1.54, 1.807) is 13.2 Å². The standard InChI is InChI=1S/C19H25ClN6O.HI/c1-21-19(22-14-17-6-7-23-24(17)2)26-10-8-25(9-11-26)18(27)13-15-4-3-5-16(20)12-15;/h3-7,12H,8-11,13-14H2,1-2H3,(H,21,22);1H. The van der Waals surface area contributed by atoms with Crippen molar-refractivity contribution in [3.8, 4) is 0 Å². The number of nitrogens with one attached hydrogen (secondary N) is 1. The molecule has 0 saturated carbocycles. The second-order valence-electron chi connectivity index (χ2n) is 6.52. The van der Waals surface area contributed by atoms with Gasteiger partial charge in [0.05, 0.1) is 18.7 Å². The van der Waals surface area contributed by atoms with E-state index in [1.165, 1.54) is 0 Å². The molecule has 1 aliphatic rings. The van der Waals surface area contributed by atoms with E-state index < -0.39 is 0 Å². The normalized spacial score (nSPS) is 14.6. The van der Waals surface area contributed by atoms with E-state index in [0.29, 0.717) is 31.1 Å². The van der Waals surface area contributed by atoms with E-state index in [9.17, 15) is 4.79 Å². The Morgan fingerprint density at radius 3 is 2.54 bits per heavy atom. The molecule has 3 rings (SSSR count). The van der Waals surface area contributed by atoms with Crippen molar-refractivity contribution in [2.45, 2.75) is 13.0 Å². The van der Waals surface area contributed by atoms with Crippen LogP contribution in [0.2, 0.25) is 5.02 Å². The van der Waals surface area contributed by atoms with Crippen LogP contribution < -0.4 is 5.32 Å². The first-order valence-corrected chi connectivity index (χ1v) is 9.39. The molecule has 1 amide bonds. The molecule has 152 valence electrons. The first-order chi connectivity index (χ1) is 13.1. The third-order valence-electron chi connectivity index (χ3n) is 4.74. The molecule has 0 atom stereocenters. The number of aliphatic imine (C=N–C) groups is 1. The van der Waals surface area contributed by atoms with Gasteiger partial charge in [-0.05, 0) is 23.8 Å². The monoisotopic (exact) mass is 516 g/mol. The topological polar surface area (TPSA) is 65.8 Å². The number of amides is 1. The van der Waals surface area contributed by atoms with E-state index >= 15 is 0 Å². The van der Waals surface area contributed by atoms with Crippen molar-refractivity contribution >= 4 is 47.4 Å². The Bertz CT molecular complexity index is 816. The van der Waals surface area contributed by atoms with Crippen LogP contribution in [0, 0.1) is 0 Å². The molecule has 1 aliphatic heterocycles. The molecule has 1 N–H and O–H groups in total. The van der Waals surface area contributed by atoms with E-state index in [0.717, 1.165) is 30.3 Å². The fourth-order valence-corrected chi connectivity index (χ4v) is 3.39. The number of rotatable bonds is 4. The van der Waals surface area contributed by atoms with Gasteiger partial charge in [0.2, 0.25) is 5.91 Å². The van der Waals surface area contributed by atoms with Crippen molar-refractivity contribution in [1.82, 2.24) is 24.9 Å². The number of hydrogen-bond donors (Lipinski definition) is 1. The zero-order valence-corrected chi connectivity index (χ0v) is 19.2. The zero-order chi connectivity index (χ0) is 19.2. The van der Waals surface area contributed by atoms with Gasteiger partial charge in [0, 0.05) is 51.5 Å². The van der Waals surface area contributed by atoms with Gasteiger partial charge in [0.15, 0.2) is 5.96 Å². The third kappa shape index (κ3) is 5.84. The van der Waals surface area contributed by atoms with Crippen LogP contribution in [0.3, 0.4) is 0 Å². The second-order valence-corrected chi connectivity index (χ2v) is 6.96. The van der Waals surface area contributed by atoms with Crippen LogP contribution in [-0.4, -0.2) is 64.7 Å². The van der Waals surface area contributed by atoms with E-state index in [4.69, 9.17) is 11.6 Å². The maximum absolute atomic E-state index is 12.6. The Morgan fingerprint density at radius 2 is 1.93 bits per heavy atom. The Balaban J connectivity index is 0.00000280. The Labute approximate surface area is 187 Å². The van der Waals surface area contributed by atoms with Gasteiger partial charge in [-0.15, -0.1) is 24.0 Å². The molecular formula is C19H26ClIN6O. The highest BCUT2D eigenvalue weighted by atomic mass is 127. The van der Waals surface area contributed by atoms with Gasteiger partial charge in [-0.3, -0.25) is 14.5 Å². The summed E-state index contributed by atoms with van der Waals surface area (Å²) < 4.78 is 1.84. The molecule has 0 bridgehead atoms. The highest BCUT2D eigenvalue weighted by Crippen LogP contribution is 2.13. The predicted octanol–water partition coefficient (Wildman–Crippen LogP) is 2.15. The number of hydrogen-bond acceptors (Lipinski definition) is 3. The number of aromatic nitrogens is 2. The van der Waals surface area contributed by atoms with Gasteiger partial charge in [0.1, 0.15) is 0 Å². The fraction of sp³-hybridized carbons (Fsp3) is 0.421. The van der Waals surface area contributed by atoms with Gasteiger partial charge < -0.3 is 15.1 Å². The minimum Gasteiger partial charge on any atom is -0.351 e. The Kier molecular flexibility index (Phi) is 8.56. The van der Waals surface area contributed by atoms with Crippen LogP contribution in [0.25, 0.3) is 0 Å². The van der Waals surface area contributed by atoms with Gasteiger partial charge in [-0.25, -0.2) is 0 Å². The Hall–Kier alpha value is -1.81. The number of halogens is 2. The molecule has 0 radical (unpaired) electrons. The minimum atomic E-state index is 0. The molecular weight excluding hydrogens is 491 g/mol. The first kappa shape index (κ1) is 22.5. The van der Waals surface area contributed by atoms with Crippen LogP contribution in [-0.2, 0) is 24.8 Å². The third-order valence-corrected chi connectivity index (χ3v) is 4.97. The number of nitrogens with zero attached hydrogens (tertiary/aromatic N) is 5. The summed E-state index contributed by atoms with van der Waals surface area (Å²) >= 11 is 6.00. The number of guanidine groups is 1. The SMILES string of the molecule is CN=C(NCc1ccnn1C)N1CCN(C(=O)Cc2cccc(Cl)c2)CC1.I. The molecule has 7 nitrogen and oxygen atoms in total. The first-order valence-electron chi connectivity index (χ1n) is 9.01. The number of aryl methyl sites for hydroxylation is 1. The van der Waals surface area contributed by atoms with Gasteiger partial charge in [-0.1, -0.05) is 23.7 Å². The number of piperazine rings is 1. The van der Waals surface area contributed by atoms with E-state index in [2.05, 4.69) is 20.3 Å². The lowest BCUT2D eigenvalue weighted by molar-refractivity contribution is -0.131. The summed E-state index contributed by atoms with van der Waals surface area (Å²) in [7, 11) is 3.70. The van der Waals surface area contributed by atoms with Crippen molar-refractivity contribution in [3.05, 3.63) is 52.8 Å². The molecule has 0 spiro atoms. The average molecular weight is 517 g/mol. The molecule has 1 saturated heterocycles. The number of benzene rings is 1. The molecule has 1 aromatic heterocycles. The van der Waals surface area contributed by atoms with Crippen molar-refractivity contribution in [2.75, 3.05) is 33.2 Å². The van der Waals surface area contributed by atoms with Crippen molar-refractivity contribution in [1.29, 1.82) is 0 Å². The smallest absolute Gasteiger partial charge is 0.227 e. The lowest BCUT2D eigenvalue weighted by atomic mass is 10.1. The summed E-state index contributed by atoms with van der Waals surface area (Å²) in [4.78, 5) is 21.0. The summed E-state index contributed by atoms with van der Waals surface area (Å²) in [5, 5.41) is 8.20. The quantitative estimate of drug-likeness (QED) is 0.384. The molecule has 1 aromatic carbocycles. The van der Waals surface area contributed by atoms with Crippen LogP contribution in [0.1, 0.15) is 11.3 Å². The maximum atomic E-state index is 12.6. The molecule has 2 aromatic rings. The van der Waals surface area contributed by atoms with Crippen molar-refractivity contribution in [3.63, 3.8) is 0 Å². The lowest BCUT2D eigenvalue weighted by Crippen LogP contribution is -2.54. The van der Waals surface area contributed by atoms with Crippen molar-refractivity contribution in [2.24, 2.45) is 12.0 Å². The van der Waals surface area contributed by atoms with Crippen LogP contribution in [0.15, 0.2) is 41.5 Å². The van der Waals surface area contributed by atoms with Crippen LogP contribution in [0.4, 0.5) is 0 Å². The summed E-state index contributed by atoms with van der Waals surface area (Å²) in [5.74, 6) is 0.980. The number of carbonyl (C=O) groups excluding carboxylic acids is 1. The highest BCUT2D eigenvalue weighted by molar-refractivity contribution is 14.0. The Morgan fingerprint density at radius 1 is 1.21 bits per heavy atom. The predicted molar refractivity (Wildman–Crippen MR) is 122 cm³/mol. The van der Waals surface area contributed by atoms with Crippen LogP contribution >= 0.6 is 35.6 Å². The number of carbonyl (C=O) groups is 1. The fourth-order valence-electron chi connectivity index (χ4n) is 3.18. The largest absolute Gasteiger partial charge is 0.351 e.